The first-order chi connectivity index (χ1) is 2.27. The van der Waals surface area contributed by atoms with Gasteiger partial charge in [-0.3, -0.25) is 0 Å². The van der Waals surface area contributed by atoms with E-state index in [-0.39, 0.29) is 22.8 Å². The van der Waals surface area contributed by atoms with Gasteiger partial charge in [0, 0.05) is 6.08 Å². The van der Waals surface area contributed by atoms with Crippen LogP contribution in [0.15, 0.2) is 12.7 Å². The van der Waals surface area contributed by atoms with Gasteiger partial charge in [-0.2, -0.15) is 0 Å². The minimum absolute atomic E-state index is 0. The maximum Gasteiger partial charge on any atom is 0.327 e. The smallest absolute Gasteiger partial charge is 0.327 e. The van der Waals surface area contributed by atoms with Crippen LogP contribution in [0.2, 0.25) is 0 Å². The minimum Gasteiger partial charge on any atom is -0.478 e. The largest absolute Gasteiger partial charge is 0.478 e. The van der Waals surface area contributed by atoms with Gasteiger partial charge in [-0.05, 0) is 0 Å². The second-order valence-corrected chi connectivity index (χ2v) is 0.542. The predicted octanol–water partition coefficient (Wildman–Crippen LogP) is -1.75. The molecule has 0 saturated heterocycles. The lowest BCUT2D eigenvalue weighted by Gasteiger charge is -1.64. The highest BCUT2D eigenvalue weighted by Crippen LogP contribution is 1.54. The van der Waals surface area contributed by atoms with Gasteiger partial charge >= 0.3 is 5.97 Å². The van der Waals surface area contributed by atoms with E-state index in [9.17, 15) is 4.79 Å². The van der Waals surface area contributed by atoms with Crippen molar-refractivity contribution in [3.8, 4) is 0 Å². The monoisotopic (exact) mass is 120 g/mol. The average Bonchev–Trinajstić information content (AvgIpc) is 1.38. The predicted molar refractivity (Wildman–Crippen MR) is 31.4 cm³/mol. The van der Waals surface area contributed by atoms with Crippen molar-refractivity contribution in [2.24, 2.45) is 0 Å². The first-order valence-corrected chi connectivity index (χ1v) is 1.12. The van der Waals surface area contributed by atoms with Gasteiger partial charge in [-0.25, -0.2) is 4.79 Å². The third-order valence-corrected chi connectivity index (χ3v) is 0.175. The van der Waals surface area contributed by atoms with Gasteiger partial charge in [0.1, 0.15) is 0 Å². The molecule has 0 bridgehead atoms. The summed E-state index contributed by atoms with van der Waals surface area (Å²) in [7, 11) is 0. The molecule has 0 unspecified atom stereocenters. The van der Waals surface area contributed by atoms with Crippen LogP contribution >= 0.6 is 0 Å². The highest BCUT2D eigenvalue weighted by Gasteiger charge is 1.73. The van der Waals surface area contributed by atoms with E-state index in [4.69, 9.17) is 5.11 Å². The van der Waals surface area contributed by atoms with Gasteiger partial charge in [0.05, 0.1) is 0 Å². The van der Waals surface area contributed by atoms with E-state index < -0.39 is 5.97 Å². The Morgan fingerprint density at radius 1 is 1.71 bits per heavy atom. The van der Waals surface area contributed by atoms with Gasteiger partial charge in [0.25, 0.3) is 0 Å². The van der Waals surface area contributed by atoms with Crippen molar-refractivity contribution in [3.63, 3.8) is 0 Å². The van der Waals surface area contributed by atoms with Gasteiger partial charge in [0.15, 0.2) is 17.4 Å². The molecule has 0 saturated carbocycles. The quantitative estimate of drug-likeness (QED) is 0.329. The van der Waals surface area contributed by atoms with Gasteiger partial charge in [-0.1, -0.05) is 6.58 Å². The molecule has 42 valence electrons. The maximum absolute atomic E-state index is 9.25. The zero-order chi connectivity index (χ0) is 4.28. The van der Waals surface area contributed by atoms with Crippen molar-refractivity contribution in [3.05, 3.63) is 12.7 Å². The Kier molecular flexibility index (Phi) is 20.9. The molecule has 0 amide bonds. The molecule has 0 aliphatic heterocycles. The van der Waals surface area contributed by atoms with Crippen molar-refractivity contribution in [2.45, 2.75) is 0 Å². The molecule has 4 heteroatoms. The van der Waals surface area contributed by atoms with Crippen LogP contribution in [0.3, 0.4) is 0 Å². The minimum atomic E-state index is -0.981. The summed E-state index contributed by atoms with van der Waals surface area (Å²) in [6.45, 7) is 2.96. The topological polar surface area (TPSA) is 68.8 Å². The second-order valence-electron chi connectivity index (χ2n) is 0.542. The summed E-state index contributed by atoms with van der Waals surface area (Å²) in [6.07, 6.45) is 0.833. The van der Waals surface area contributed by atoms with Crippen LogP contribution in [0.4, 0.5) is 0 Å². The molecule has 0 fully saturated rings. The molecular formula is C3H9AlO3. The lowest BCUT2D eigenvalue weighted by molar-refractivity contribution is -0.131. The fraction of sp³-hybridized carbons (Fsp3) is 0. The Morgan fingerprint density at radius 2 is 1.86 bits per heavy atom. The summed E-state index contributed by atoms with van der Waals surface area (Å²) in [5.74, 6) is -0.981. The van der Waals surface area contributed by atoms with Gasteiger partial charge < -0.3 is 10.6 Å². The standard InChI is InChI=1S/C3H4O2.Al.H2O.3H/c1-2-3(4)5;;;;;/h2H,1H2,(H,4,5);;1H2;;;. The second kappa shape index (κ2) is 9.20. The molecule has 0 aromatic heterocycles. The van der Waals surface area contributed by atoms with E-state index in [0.29, 0.717) is 0 Å². The lowest BCUT2D eigenvalue weighted by Crippen LogP contribution is -1.82. The van der Waals surface area contributed by atoms with Crippen LogP contribution in [0.25, 0.3) is 0 Å². The normalized spacial score (nSPS) is 4.57. The number of carboxylic acid groups (broad SMARTS) is 1. The fourth-order valence-corrected chi connectivity index (χ4v) is 0. The Balaban J connectivity index is -0.0000000800. The van der Waals surface area contributed by atoms with Crippen molar-refractivity contribution >= 4 is 23.3 Å². The van der Waals surface area contributed by atoms with E-state index in [0.717, 1.165) is 6.08 Å². The van der Waals surface area contributed by atoms with E-state index in [1.807, 2.05) is 0 Å². The molecule has 3 nitrogen and oxygen atoms in total. The van der Waals surface area contributed by atoms with Crippen LogP contribution < -0.4 is 0 Å². The Morgan fingerprint density at radius 3 is 1.86 bits per heavy atom. The van der Waals surface area contributed by atoms with Crippen LogP contribution in [-0.2, 0) is 4.79 Å². The molecule has 0 spiro atoms. The average molecular weight is 120 g/mol. The zero-order valence-corrected chi connectivity index (χ0v) is 3.14. The summed E-state index contributed by atoms with van der Waals surface area (Å²) in [5, 5.41) is 7.60. The number of aliphatic carboxylic acids is 1. The summed E-state index contributed by atoms with van der Waals surface area (Å²) in [6, 6.07) is 0. The zero-order valence-electron chi connectivity index (χ0n) is 3.14. The van der Waals surface area contributed by atoms with Gasteiger partial charge in [0.2, 0.25) is 0 Å². The van der Waals surface area contributed by atoms with E-state index in [1.165, 1.54) is 0 Å². The van der Waals surface area contributed by atoms with Crippen LogP contribution in [0.5, 0.6) is 0 Å². The molecule has 0 heterocycles. The summed E-state index contributed by atoms with van der Waals surface area (Å²) >= 11 is 0. The third-order valence-electron chi connectivity index (χ3n) is 0.175. The van der Waals surface area contributed by atoms with Gasteiger partial charge in [-0.15, -0.1) is 0 Å². The Labute approximate surface area is 52.1 Å². The molecular weight excluding hydrogens is 111 g/mol. The summed E-state index contributed by atoms with van der Waals surface area (Å²) in [4.78, 5) is 9.25. The first kappa shape index (κ1) is 15.9. The fourth-order valence-electron chi connectivity index (χ4n) is 0. The SMILES string of the molecule is C=CC(=O)O.O.[AlH3]. The molecule has 0 aliphatic rings. The number of carbonyl (C=O) groups is 1. The summed E-state index contributed by atoms with van der Waals surface area (Å²) < 4.78 is 0. The lowest BCUT2D eigenvalue weighted by atomic mass is 10.7. The van der Waals surface area contributed by atoms with Crippen molar-refractivity contribution < 1.29 is 15.4 Å². The van der Waals surface area contributed by atoms with E-state index in [2.05, 4.69) is 6.58 Å². The Bertz CT molecular complexity index is 61.2. The molecule has 0 radical (unpaired) electrons. The van der Waals surface area contributed by atoms with Crippen molar-refractivity contribution in [1.29, 1.82) is 0 Å². The molecule has 7 heavy (non-hydrogen) atoms. The van der Waals surface area contributed by atoms with Crippen molar-refractivity contribution in [2.75, 3.05) is 0 Å². The maximum atomic E-state index is 9.25. The molecule has 3 N–H and O–H groups in total. The highest BCUT2D eigenvalue weighted by molar-refractivity contribution is 5.78. The first-order valence-electron chi connectivity index (χ1n) is 1.12. The summed E-state index contributed by atoms with van der Waals surface area (Å²) in [5.41, 5.74) is 0. The third kappa shape index (κ3) is 27.0. The molecule has 0 aromatic carbocycles. The van der Waals surface area contributed by atoms with Crippen LogP contribution in [0.1, 0.15) is 0 Å². The number of carboxylic acids is 1. The number of rotatable bonds is 1. The highest BCUT2D eigenvalue weighted by atomic mass is 27.0. The van der Waals surface area contributed by atoms with Crippen molar-refractivity contribution in [1.82, 2.24) is 0 Å². The van der Waals surface area contributed by atoms with E-state index in [1.54, 1.807) is 0 Å². The molecule has 0 aliphatic carbocycles. The van der Waals surface area contributed by atoms with Crippen LogP contribution in [-0.4, -0.2) is 33.9 Å². The van der Waals surface area contributed by atoms with Crippen LogP contribution in [0, 0.1) is 0 Å². The molecule has 0 aromatic rings. The molecule has 0 rings (SSSR count). The Hall–Kier alpha value is -0.298. The van der Waals surface area contributed by atoms with E-state index >= 15 is 0 Å². The molecule has 0 atom stereocenters. The number of hydrogen-bond acceptors (Lipinski definition) is 1. The number of hydrogen-bond donors (Lipinski definition) is 1.